The molecule has 2 heterocycles. The van der Waals surface area contributed by atoms with E-state index in [1.54, 1.807) is 0 Å². The van der Waals surface area contributed by atoms with E-state index in [2.05, 4.69) is 62.6 Å². The smallest absolute Gasteiger partial charge is 0.180 e. The maximum Gasteiger partial charge on any atom is 0.180 e. The molecule has 2 N–H and O–H groups in total. The van der Waals surface area contributed by atoms with Crippen LogP contribution < -0.4 is 5.73 Å². The first-order chi connectivity index (χ1) is 13.7. The lowest BCUT2D eigenvalue weighted by Crippen LogP contribution is -2.48. The van der Waals surface area contributed by atoms with Gasteiger partial charge in [-0.1, -0.05) is 54.1 Å². The summed E-state index contributed by atoms with van der Waals surface area (Å²) in [7, 11) is 0. The van der Waals surface area contributed by atoms with Gasteiger partial charge in [-0.2, -0.15) is 0 Å². The van der Waals surface area contributed by atoms with Crippen LogP contribution in [0.5, 0.6) is 0 Å². The third kappa shape index (κ3) is 4.73. The van der Waals surface area contributed by atoms with Crippen LogP contribution in [0.3, 0.4) is 0 Å². The number of aromatic nitrogens is 1. The van der Waals surface area contributed by atoms with Crippen LogP contribution in [0.4, 0.5) is 5.13 Å². The molecule has 1 atom stereocenters. The molecule has 1 fully saturated rings. The molecule has 0 amide bonds. The average Bonchev–Trinajstić information content (AvgIpc) is 3.15. The van der Waals surface area contributed by atoms with Crippen LogP contribution in [-0.2, 0) is 6.42 Å². The van der Waals surface area contributed by atoms with E-state index in [4.69, 9.17) is 17.3 Å². The Hall–Kier alpha value is -1.92. The molecule has 4 rings (SSSR count). The van der Waals surface area contributed by atoms with Crippen molar-refractivity contribution in [1.82, 2.24) is 14.8 Å². The van der Waals surface area contributed by atoms with Crippen LogP contribution >= 0.6 is 22.9 Å². The Balaban J connectivity index is 1.43. The highest BCUT2D eigenvalue weighted by molar-refractivity contribution is 7.13. The fourth-order valence-electron chi connectivity index (χ4n) is 3.85. The summed E-state index contributed by atoms with van der Waals surface area (Å²) in [6.07, 6.45) is 0.965. The van der Waals surface area contributed by atoms with Crippen LogP contribution in [0.15, 0.2) is 60.0 Å². The summed E-state index contributed by atoms with van der Waals surface area (Å²) in [5, 5.41) is 3.51. The number of nitrogens with two attached hydrogens (primary N) is 1. The lowest BCUT2D eigenvalue weighted by Gasteiger charge is -2.39. The van der Waals surface area contributed by atoms with Crippen molar-refractivity contribution < 1.29 is 0 Å². The Morgan fingerprint density at radius 2 is 1.64 bits per heavy atom. The maximum atomic E-state index is 6.12. The number of rotatable bonds is 6. The van der Waals surface area contributed by atoms with Gasteiger partial charge in [-0.15, -0.1) is 11.3 Å². The first-order valence-electron chi connectivity index (χ1n) is 9.66. The molecule has 1 saturated heterocycles. The van der Waals surface area contributed by atoms with Gasteiger partial charge < -0.3 is 10.6 Å². The van der Waals surface area contributed by atoms with Gasteiger partial charge in [0.1, 0.15) is 0 Å². The molecule has 28 heavy (non-hydrogen) atoms. The summed E-state index contributed by atoms with van der Waals surface area (Å²) in [5.41, 5.74) is 9.47. The number of hydrogen-bond donors (Lipinski definition) is 1. The van der Waals surface area contributed by atoms with E-state index in [-0.39, 0.29) is 6.04 Å². The van der Waals surface area contributed by atoms with Gasteiger partial charge in [0.15, 0.2) is 5.13 Å². The summed E-state index contributed by atoms with van der Waals surface area (Å²) in [4.78, 5) is 9.48. The number of anilines is 1. The molecule has 1 aromatic heterocycles. The minimum absolute atomic E-state index is 0.263. The zero-order valence-corrected chi connectivity index (χ0v) is 17.4. The molecule has 3 aromatic rings. The third-order valence-corrected chi connectivity index (χ3v) is 6.30. The summed E-state index contributed by atoms with van der Waals surface area (Å²) in [5.74, 6) is 0. The number of benzene rings is 2. The Bertz CT molecular complexity index is 873. The lowest BCUT2D eigenvalue weighted by atomic mass is 9.96. The molecule has 0 saturated carbocycles. The number of piperazine rings is 1. The first-order valence-corrected chi connectivity index (χ1v) is 10.9. The van der Waals surface area contributed by atoms with Crippen LogP contribution in [0.2, 0.25) is 5.02 Å². The largest absolute Gasteiger partial charge is 0.375 e. The van der Waals surface area contributed by atoms with E-state index < -0.39 is 0 Å². The zero-order chi connectivity index (χ0) is 19.3. The van der Waals surface area contributed by atoms with Crippen molar-refractivity contribution in [2.75, 3.05) is 38.5 Å². The fraction of sp³-hybridized carbons (Fsp3) is 0.318. The van der Waals surface area contributed by atoms with E-state index >= 15 is 0 Å². The van der Waals surface area contributed by atoms with Crippen molar-refractivity contribution in [3.8, 4) is 0 Å². The van der Waals surface area contributed by atoms with Crippen LogP contribution in [0.1, 0.15) is 22.9 Å². The summed E-state index contributed by atoms with van der Waals surface area (Å²) >= 11 is 7.64. The van der Waals surface area contributed by atoms with Crippen molar-refractivity contribution in [2.24, 2.45) is 0 Å². The standard InChI is InChI=1S/C22H25ClN4S/c23-19-8-6-18(7-9-19)21(17-4-2-1-3-5-17)27-14-12-26(13-15-27)11-10-20-16-28-22(24)25-20/h1-9,16,21H,10-15H2,(H2,24,25). The monoisotopic (exact) mass is 412 g/mol. The van der Waals surface area contributed by atoms with Crippen molar-refractivity contribution in [2.45, 2.75) is 12.5 Å². The Kier molecular flexibility index (Phi) is 6.27. The van der Waals surface area contributed by atoms with E-state index in [1.165, 1.54) is 22.5 Å². The summed E-state index contributed by atoms with van der Waals surface area (Å²) in [6, 6.07) is 19.3. The summed E-state index contributed by atoms with van der Waals surface area (Å²) < 4.78 is 0. The molecule has 6 heteroatoms. The molecule has 0 aliphatic carbocycles. The minimum Gasteiger partial charge on any atom is -0.375 e. The van der Waals surface area contributed by atoms with Gasteiger partial charge in [0.05, 0.1) is 11.7 Å². The average molecular weight is 413 g/mol. The highest BCUT2D eigenvalue weighted by Crippen LogP contribution is 2.30. The van der Waals surface area contributed by atoms with Crippen molar-refractivity contribution >= 4 is 28.1 Å². The quantitative estimate of drug-likeness (QED) is 0.654. The van der Waals surface area contributed by atoms with E-state index in [1.807, 2.05) is 12.1 Å². The molecule has 0 bridgehead atoms. The van der Waals surface area contributed by atoms with Crippen molar-refractivity contribution in [1.29, 1.82) is 0 Å². The van der Waals surface area contributed by atoms with E-state index in [0.717, 1.165) is 49.9 Å². The van der Waals surface area contributed by atoms with E-state index in [0.29, 0.717) is 5.13 Å². The highest BCUT2D eigenvalue weighted by atomic mass is 35.5. The topological polar surface area (TPSA) is 45.4 Å². The fourth-order valence-corrected chi connectivity index (χ4v) is 4.57. The number of hydrogen-bond acceptors (Lipinski definition) is 5. The molecule has 0 radical (unpaired) electrons. The number of halogens is 1. The normalized spacial score (nSPS) is 16.9. The SMILES string of the molecule is Nc1nc(CCN2CCN(C(c3ccccc3)c3ccc(Cl)cc3)CC2)cs1. The molecule has 0 spiro atoms. The number of nitrogen functional groups attached to an aromatic ring is 1. The number of thiazole rings is 1. The zero-order valence-electron chi connectivity index (χ0n) is 15.8. The molecule has 2 aromatic carbocycles. The Labute approximate surface area is 175 Å². The molecule has 4 nitrogen and oxygen atoms in total. The van der Waals surface area contributed by atoms with Crippen LogP contribution in [0, 0.1) is 0 Å². The number of nitrogens with zero attached hydrogens (tertiary/aromatic N) is 3. The molecule has 1 aliphatic heterocycles. The summed E-state index contributed by atoms with van der Waals surface area (Å²) in [6.45, 7) is 5.25. The molecule has 1 unspecified atom stereocenters. The highest BCUT2D eigenvalue weighted by Gasteiger charge is 2.26. The van der Waals surface area contributed by atoms with E-state index in [9.17, 15) is 0 Å². The first kappa shape index (κ1) is 19.4. The molecule has 146 valence electrons. The Morgan fingerprint density at radius 3 is 2.29 bits per heavy atom. The lowest BCUT2D eigenvalue weighted by molar-refractivity contribution is 0.110. The van der Waals surface area contributed by atoms with Gasteiger partial charge in [0.25, 0.3) is 0 Å². The second-order valence-corrected chi connectivity index (χ2v) is 8.50. The minimum atomic E-state index is 0.263. The van der Waals surface area contributed by atoms with Crippen LogP contribution in [0.25, 0.3) is 0 Å². The van der Waals surface area contributed by atoms with Gasteiger partial charge in [0.2, 0.25) is 0 Å². The van der Waals surface area contributed by atoms with Crippen molar-refractivity contribution in [3.63, 3.8) is 0 Å². The molecular weight excluding hydrogens is 388 g/mol. The van der Waals surface area contributed by atoms with Gasteiger partial charge in [0, 0.05) is 49.5 Å². The second kappa shape index (κ2) is 9.05. The third-order valence-electron chi connectivity index (χ3n) is 5.33. The van der Waals surface area contributed by atoms with Crippen molar-refractivity contribution in [3.05, 3.63) is 81.8 Å². The predicted molar refractivity (Wildman–Crippen MR) is 118 cm³/mol. The van der Waals surface area contributed by atoms with Gasteiger partial charge >= 0.3 is 0 Å². The maximum absolute atomic E-state index is 6.12. The molecular formula is C22H25ClN4S. The van der Waals surface area contributed by atoms with Gasteiger partial charge in [-0.05, 0) is 23.3 Å². The van der Waals surface area contributed by atoms with Crippen LogP contribution in [-0.4, -0.2) is 47.5 Å². The Morgan fingerprint density at radius 1 is 0.964 bits per heavy atom. The van der Waals surface area contributed by atoms with Gasteiger partial charge in [-0.3, -0.25) is 4.90 Å². The molecule has 1 aliphatic rings. The van der Waals surface area contributed by atoms with Gasteiger partial charge in [-0.25, -0.2) is 4.98 Å². The predicted octanol–water partition coefficient (Wildman–Crippen LogP) is 4.33. The second-order valence-electron chi connectivity index (χ2n) is 7.17.